The van der Waals surface area contributed by atoms with Crippen molar-refractivity contribution in [2.24, 2.45) is 5.14 Å². The summed E-state index contributed by atoms with van der Waals surface area (Å²) in [5, 5.41) is 7.59. The SMILES string of the molecule is Cc1oc(C(=O)NCc2ccc[nH]2)cc1S(N)(=O)=O. The zero-order valence-electron chi connectivity index (χ0n) is 10.1. The third-order valence-electron chi connectivity index (χ3n) is 2.50. The second kappa shape index (κ2) is 4.90. The molecule has 2 aromatic rings. The van der Waals surface area contributed by atoms with Gasteiger partial charge in [0.2, 0.25) is 10.0 Å². The number of furan rings is 1. The Morgan fingerprint density at radius 1 is 1.53 bits per heavy atom. The normalized spacial score (nSPS) is 11.5. The number of hydrogen-bond donors (Lipinski definition) is 3. The molecule has 0 atom stereocenters. The number of aromatic nitrogens is 1. The Kier molecular flexibility index (Phi) is 3.45. The molecule has 0 aliphatic carbocycles. The molecule has 0 aliphatic rings. The first-order chi connectivity index (χ1) is 8.88. The molecule has 8 heteroatoms. The zero-order valence-corrected chi connectivity index (χ0v) is 11.0. The molecular weight excluding hydrogens is 270 g/mol. The van der Waals surface area contributed by atoms with Crippen LogP contribution in [0.15, 0.2) is 33.7 Å². The fraction of sp³-hybridized carbons (Fsp3) is 0.182. The van der Waals surface area contributed by atoms with Crippen LogP contribution in [0.25, 0.3) is 0 Å². The van der Waals surface area contributed by atoms with Crippen LogP contribution in [0.5, 0.6) is 0 Å². The Balaban J connectivity index is 2.12. The van der Waals surface area contributed by atoms with Gasteiger partial charge in [0.05, 0.1) is 6.54 Å². The van der Waals surface area contributed by atoms with Gasteiger partial charge >= 0.3 is 0 Å². The van der Waals surface area contributed by atoms with Gasteiger partial charge in [-0.05, 0) is 19.1 Å². The number of sulfonamides is 1. The molecule has 4 N–H and O–H groups in total. The number of nitrogens with two attached hydrogens (primary N) is 1. The number of hydrogen-bond acceptors (Lipinski definition) is 4. The van der Waals surface area contributed by atoms with Crippen molar-refractivity contribution < 1.29 is 17.6 Å². The summed E-state index contributed by atoms with van der Waals surface area (Å²) in [6, 6.07) is 4.73. The predicted molar refractivity (Wildman–Crippen MR) is 66.8 cm³/mol. The molecule has 2 rings (SSSR count). The largest absolute Gasteiger partial charge is 0.455 e. The Morgan fingerprint density at radius 3 is 2.79 bits per heavy atom. The van der Waals surface area contributed by atoms with Gasteiger partial charge in [-0.25, -0.2) is 13.6 Å². The van der Waals surface area contributed by atoms with Crippen molar-refractivity contribution in [2.75, 3.05) is 0 Å². The molecule has 0 saturated carbocycles. The molecule has 0 radical (unpaired) electrons. The molecule has 2 aromatic heterocycles. The summed E-state index contributed by atoms with van der Waals surface area (Å²) in [5.41, 5.74) is 0.822. The zero-order chi connectivity index (χ0) is 14.0. The van der Waals surface area contributed by atoms with E-state index in [1.807, 2.05) is 6.07 Å². The van der Waals surface area contributed by atoms with Crippen molar-refractivity contribution in [3.8, 4) is 0 Å². The first-order valence-electron chi connectivity index (χ1n) is 5.41. The number of primary sulfonamides is 1. The van der Waals surface area contributed by atoms with Crippen molar-refractivity contribution in [1.82, 2.24) is 10.3 Å². The lowest BCUT2D eigenvalue weighted by Gasteiger charge is -2.00. The highest BCUT2D eigenvalue weighted by Crippen LogP contribution is 2.18. The summed E-state index contributed by atoms with van der Waals surface area (Å²) in [7, 11) is -3.88. The average molecular weight is 283 g/mol. The van der Waals surface area contributed by atoms with Gasteiger partial charge in [-0.2, -0.15) is 0 Å². The van der Waals surface area contributed by atoms with Crippen LogP contribution < -0.4 is 10.5 Å². The van der Waals surface area contributed by atoms with Crippen molar-refractivity contribution in [3.05, 3.63) is 41.6 Å². The molecule has 7 nitrogen and oxygen atoms in total. The van der Waals surface area contributed by atoms with Gasteiger partial charge in [-0.15, -0.1) is 0 Å². The van der Waals surface area contributed by atoms with E-state index in [-0.39, 0.29) is 23.0 Å². The lowest BCUT2D eigenvalue weighted by molar-refractivity contribution is 0.0921. The van der Waals surface area contributed by atoms with E-state index in [1.54, 1.807) is 12.3 Å². The van der Waals surface area contributed by atoms with Gasteiger partial charge in [-0.1, -0.05) is 0 Å². The number of nitrogens with one attached hydrogen (secondary N) is 2. The minimum atomic E-state index is -3.88. The summed E-state index contributed by atoms with van der Waals surface area (Å²) in [4.78, 5) is 14.5. The van der Waals surface area contributed by atoms with Crippen LogP contribution in [0, 0.1) is 6.92 Å². The van der Waals surface area contributed by atoms with E-state index < -0.39 is 15.9 Å². The van der Waals surface area contributed by atoms with Crippen molar-refractivity contribution in [1.29, 1.82) is 0 Å². The smallest absolute Gasteiger partial charge is 0.287 e. The minimum absolute atomic E-state index is 0.0897. The second-order valence-corrected chi connectivity index (χ2v) is 5.48. The number of H-pyrrole nitrogens is 1. The summed E-state index contributed by atoms with van der Waals surface area (Å²) in [6.07, 6.45) is 1.73. The minimum Gasteiger partial charge on any atom is -0.455 e. The van der Waals surface area contributed by atoms with E-state index in [0.29, 0.717) is 0 Å². The Labute approximate surface area is 109 Å². The van der Waals surface area contributed by atoms with Gasteiger partial charge in [0.25, 0.3) is 5.91 Å². The summed E-state index contributed by atoms with van der Waals surface area (Å²) in [5.74, 6) is -0.506. The molecule has 0 unspecified atom stereocenters. The van der Waals surface area contributed by atoms with Crippen LogP contribution in [-0.2, 0) is 16.6 Å². The third kappa shape index (κ3) is 3.04. The highest BCUT2D eigenvalue weighted by Gasteiger charge is 2.20. The van der Waals surface area contributed by atoms with Gasteiger partial charge in [0, 0.05) is 18.0 Å². The Hall–Kier alpha value is -2.06. The van der Waals surface area contributed by atoms with Crippen molar-refractivity contribution in [2.45, 2.75) is 18.4 Å². The van der Waals surface area contributed by atoms with Crippen LogP contribution >= 0.6 is 0 Å². The maximum atomic E-state index is 11.8. The van der Waals surface area contributed by atoms with E-state index in [0.717, 1.165) is 11.8 Å². The predicted octanol–water partition coefficient (Wildman–Crippen LogP) is 0.494. The van der Waals surface area contributed by atoms with Crippen molar-refractivity contribution >= 4 is 15.9 Å². The van der Waals surface area contributed by atoms with Gasteiger partial charge < -0.3 is 14.7 Å². The topological polar surface area (TPSA) is 118 Å². The van der Waals surface area contributed by atoms with E-state index in [1.165, 1.54) is 6.92 Å². The number of carbonyl (C=O) groups is 1. The second-order valence-electron chi connectivity index (χ2n) is 3.95. The summed E-state index contributed by atoms with van der Waals surface area (Å²) < 4.78 is 27.5. The number of rotatable bonds is 4. The van der Waals surface area contributed by atoms with Crippen LogP contribution in [0.3, 0.4) is 0 Å². The Bertz CT molecular complexity index is 686. The standard InChI is InChI=1S/C11H13N3O4S/c1-7-10(19(12,16)17)5-9(18-7)11(15)14-6-8-3-2-4-13-8/h2-5,13H,6H2,1H3,(H,14,15)(H2,12,16,17). The van der Waals surface area contributed by atoms with Crippen LogP contribution in [0.2, 0.25) is 0 Å². The lowest BCUT2D eigenvalue weighted by atomic mass is 10.4. The average Bonchev–Trinajstić information content (AvgIpc) is 2.93. The quantitative estimate of drug-likeness (QED) is 0.756. The van der Waals surface area contributed by atoms with Crippen molar-refractivity contribution in [3.63, 3.8) is 0 Å². The molecular formula is C11H13N3O4S. The number of carbonyl (C=O) groups excluding carboxylic acids is 1. The highest BCUT2D eigenvalue weighted by molar-refractivity contribution is 7.89. The molecule has 19 heavy (non-hydrogen) atoms. The molecule has 102 valence electrons. The number of aromatic amines is 1. The molecule has 0 spiro atoms. The molecule has 1 amide bonds. The fourth-order valence-electron chi connectivity index (χ4n) is 1.60. The highest BCUT2D eigenvalue weighted by atomic mass is 32.2. The monoisotopic (exact) mass is 283 g/mol. The van der Waals surface area contributed by atoms with Crippen LogP contribution in [-0.4, -0.2) is 19.3 Å². The Morgan fingerprint density at radius 2 is 2.26 bits per heavy atom. The number of amides is 1. The van der Waals surface area contributed by atoms with Crippen LogP contribution in [0.1, 0.15) is 22.0 Å². The maximum absolute atomic E-state index is 11.8. The third-order valence-corrected chi connectivity index (χ3v) is 3.52. The molecule has 2 heterocycles. The first-order valence-corrected chi connectivity index (χ1v) is 6.96. The van der Waals surface area contributed by atoms with Crippen LogP contribution in [0.4, 0.5) is 0 Å². The van der Waals surface area contributed by atoms with E-state index >= 15 is 0 Å². The van der Waals surface area contributed by atoms with E-state index in [9.17, 15) is 13.2 Å². The lowest BCUT2D eigenvalue weighted by Crippen LogP contribution is -2.22. The molecule has 0 aliphatic heterocycles. The summed E-state index contributed by atoms with van der Waals surface area (Å²) in [6.45, 7) is 1.72. The summed E-state index contributed by atoms with van der Waals surface area (Å²) >= 11 is 0. The molecule has 0 aromatic carbocycles. The maximum Gasteiger partial charge on any atom is 0.287 e. The molecule has 0 bridgehead atoms. The fourth-order valence-corrected chi connectivity index (χ4v) is 2.31. The van der Waals surface area contributed by atoms with Gasteiger partial charge in [0.1, 0.15) is 10.7 Å². The number of aryl methyl sites for hydroxylation is 1. The van der Waals surface area contributed by atoms with Gasteiger partial charge in [0.15, 0.2) is 5.76 Å². The van der Waals surface area contributed by atoms with E-state index in [2.05, 4.69) is 10.3 Å². The first kappa shape index (κ1) is 13.4. The van der Waals surface area contributed by atoms with Gasteiger partial charge in [-0.3, -0.25) is 4.79 Å². The van der Waals surface area contributed by atoms with E-state index in [4.69, 9.17) is 9.56 Å². The molecule has 0 fully saturated rings. The molecule has 0 saturated heterocycles.